The van der Waals surface area contributed by atoms with Crippen molar-refractivity contribution in [1.29, 1.82) is 0 Å². The maximum atomic E-state index is 12.6. The molecule has 2 heterocycles. The van der Waals surface area contributed by atoms with E-state index in [2.05, 4.69) is 16.9 Å². The van der Waals surface area contributed by atoms with E-state index >= 15 is 0 Å². The van der Waals surface area contributed by atoms with Crippen LogP contribution in [0.3, 0.4) is 0 Å². The molecule has 0 unspecified atom stereocenters. The summed E-state index contributed by atoms with van der Waals surface area (Å²) in [5.41, 5.74) is 2.03. The van der Waals surface area contributed by atoms with E-state index in [0.717, 1.165) is 35.0 Å². The number of hydrogen-bond donors (Lipinski definition) is 1. The van der Waals surface area contributed by atoms with Crippen LogP contribution in [0, 0.1) is 5.92 Å². The van der Waals surface area contributed by atoms with Gasteiger partial charge < -0.3 is 4.98 Å². The van der Waals surface area contributed by atoms with Crippen LogP contribution in [0.5, 0.6) is 0 Å². The fourth-order valence-corrected chi connectivity index (χ4v) is 6.25. The molecule has 1 aliphatic rings. The second kappa shape index (κ2) is 6.95. The lowest BCUT2D eigenvalue weighted by Gasteiger charge is -2.17. The molecule has 0 saturated carbocycles. The van der Waals surface area contributed by atoms with Gasteiger partial charge in [0.15, 0.2) is 5.16 Å². The van der Waals surface area contributed by atoms with Crippen LogP contribution in [0.4, 0.5) is 0 Å². The summed E-state index contributed by atoms with van der Waals surface area (Å²) in [6.45, 7) is 2.26. The zero-order valence-corrected chi connectivity index (χ0v) is 16.7. The second-order valence-electron chi connectivity index (χ2n) is 6.39. The molecule has 1 atom stereocenters. The number of fused-ring (bicyclic) bond motifs is 3. The average molecular weight is 411 g/mol. The van der Waals surface area contributed by atoms with E-state index < -0.39 is 0 Å². The molecule has 0 radical (unpaired) electrons. The van der Waals surface area contributed by atoms with Crippen LogP contribution in [0.25, 0.3) is 10.2 Å². The van der Waals surface area contributed by atoms with Crippen molar-refractivity contribution < 1.29 is 0 Å². The Balaban J connectivity index is 1.66. The molecule has 2 aromatic heterocycles. The number of rotatable bonds is 3. The lowest BCUT2D eigenvalue weighted by molar-refractivity contribution is 0.509. The Morgan fingerprint density at radius 1 is 1.36 bits per heavy atom. The summed E-state index contributed by atoms with van der Waals surface area (Å²) in [5, 5.41) is 2.65. The van der Waals surface area contributed by atoms with Gasteiger partial charge in [-0.25, -0.2) is 4.98 Å². The van der Waals surface area contributed by atoms with Gasteiger partial charge in [0.05, 0.1) is 5.39 Å². The number of halogens is 2. The molecule has 0 bridgehead atoms. The Morgan fingerprint density at radius 2 is 2.12 bits per heavy atom. The van der Waals surface area contributed by atoms with E-state index in [1.807, 2.05) is 18.2 Å². The Morgan fingerprint density at radius 3 is 2.88 bits per heavy atom. The van der Waals surface area contributed by atoms with E-state index in [-0.39, 0.29) is 5.56 Å². The average Bonchev–Trinajstić information content (AvgIpc) is 2.92. The van der Waals surface area contributed by atoms with Gasteiger partial charge in [0.1, 0.15) is 4.83 Å². The van der Waals surface area contributed by atoms with Gasteiger partial charge in [-0.05, 0) is 48.4 Å². The third kappa shape index (κ3) is 3.35. The van der Waals surface area contributed by atoms with Crippen LogP contribution in [0.15, 0.2) is 28.2 Å². The topological polar surface area (TPSA) is 45.8 Å². The molecule has 4 rings (SSSR count). The summed E-state index contributed by atoms with van der Waals surface area (Å²) in [6.07, 6.45) is 3.16. The predicted octanol–water partition coefficient (Wildman–Crippen LogP) is 5.71. The molecule has 0 aliphatic heterocycles. The van der Waals surface area contributed by atoms with Gasteiger partial charge >= 0.3 is 0 Å². The van der Waals surface area contributed by atoms with Crippen LogP contribution >= 0.6 is 46.3 Å². The largest absolute Gasteiger partial charge is 0.301 e. The third-order valence-electron chi connectivity index (χ3n) is 4.56. The molecule has 1 aliphatic carbocycles. The Labute approximate surface area is 163 Å². The summed E-state index contributed by atoms with van der Waals surface area (Å²) in [7, 11) is 0. The molecular weight excluding hydrogens is 395 g/mol. The molecule has 1 aromatic carbocycles. The van der Waals surface area contributed by atoms with Crippen molar-refractivity contribution in [2.45, 2.75) is 37.1 Å². The number of thiophene rings is 1. The van der Waals surface area contributed by atoms with Gasteiger partial charge in [0.2, 0.25) is 0 Å². The van der Waals surface area contributed by atoms with Crippen LogP contribution in [-0.2, 0) is 18.6 Å². The fourth-order valence-electron chi connectivity index (χ4n) is 3.21. The smallest absolute Gasteiger partial charge is 0.260 e. The van der Waals surface area contributed by atoms with Crippen molar-refractivity contribution in [3.63, 3.8) is 0 Å². The highest BCUT2D eigenvalue weighted by Crippen LogP contribution is 2.36. The maximum Gasteiger partial charge on any atom is 0.260 e. The van der Waals surface area contributed by atoms with Gasteiger partial charge in [-0.3, -0.25) is 4.79 Å². The number of thioether (sulfide) groups is 1. The van der Waals surface area contributed by atoms with Crippen molar-refractivity contribution >= 4 is 56.5 Å². The van der Waals surface area contributed by atoms with Crippen LogP contribution in [-0.4, -0.2) is 9.97 Å². The molecule has 25 heavy (non-hydrogen) atoms. The van der Waals surface area contributed by atoms with Crippen LogP contribution in [0.1, 0.15) is 29.3 Å². The summed E-state index contributed by atoms with van der Waals surface area (Å²) in [6, 6.07) is 5.45. The molecule has 1 N–H and O–H groups in total. The number of nitrogens with zero attached hydrogens (tertiary/aromatic N) is 1. The second-order valence-corrected chi connectivity index (χ2v) is 9.25. The minimum Gasteiger partial charge on any atom is -0.301 e. The van der Waals surface area contributed by atoms with Crippen LogP contribution in [0.2, 0.25) is 10.0 Å². The minimum atomic E-state index is -0.0372. The molecule has 130 valence electrons. The van der Waals surface area contributed by atoms with Gasteiger partial charge in [-0.15, -0.1) is 11.3 Å². The standard InChI is InChI=1S/C18H16Cl2N2OS2/c1-9-5-6-10-14(7-9)25-17-15(10)16(23)21-18(22-17)24-8-11-12(19)3-2-4-13(11)20/h2-4,9H,5-8H2,1H3,(H,21,22,23)/t9-/m1/s1. The molecule has 3 aromatic rings. The van der Waals surface area contributed by atoms with Crippen molar-refractivity contribution in [2.75, 3.05) is 0 Å². The first-order chi connectivity index (χ1) is 12.0. The first-order valence-corrected chi connectivity index (χ1v) is 10.7. The number of H-pyrrole nitrogens is 1. The highest BCUT2D eigenvalue weighted by molar-refractivity contribution is 7.98. The molecule has 0 amide bonds. The zero-order chi connectivity index (χ0) is 17.6. The number of benzene rings is 1. The summed E-state index contributed by atoms with van der Waals surface area (Å²) >= 11 is 15.5. The molecule has 3 nitrogen and oxygen atoms in total. The monoisotopic (exact) mass is 410 g/mol. The van der Waals surface area contributed by atoms with Crippen LogP contribution < -0.4 is 5.56 Å². The van der Waals surface area contributed by atoms with E-state index in [4.69, 9.17) is 23.2 Å². The number of aromatic amines is 1. The van der Waals surface area contributed by atoms with E-state index in [9.17, 15) is 4.79 Å². The Kier molecular flexibility index (Phi) is 4.84. The van der Waals surface area contributed by atoms with E-state index in [1.165, 1.54) is 22.2 Å². The number of aryl methyl sites for hydroxylation is 1. The third-order valence-corrected chi connectivity index (χ3v) is 7.31. The normalized spacial score (nSPS) is 17.0. The summed E-state index contributed by atoms with van der Waals surface area (Å²) < 4.78 is 0. The van der Waals surface area contributed by atoms with Crippen molar-refractivity contribution in [3.8, 4) is 0 Å². The molecule has 0 fully saturated rings. The number of aromatic nitrogens is 2. The first-order valence-electron chi connectivity index (χ1n) is 8.13. The lowest BCUT2D eigenvalue weighted by atomic mass is 9.89. The highest BCUT2D eigenvalue weighted by Gasteiger charge is 2.23. The molecular formula is C18H16Cl2N2OS2. The van der Waals surface area contributed by atoms with Gasteiger partial charge in [0, 0.05) is 20.7 Å². The van der Waals surface area contributed by atoms with Crippen molar-refractivity contribution in [3.05, 3.63) is 54.6 Å². The lowest BCUT2D eigenvalue weighted by Crippen LogP contribution is -2.13. The number of nitrogens with one attached hydrogen (secondary N) is 1. The minimum absolute atomic E-state index is 0.0372. The van der Waals surface area contributed by atoms with Gasteiger partial charge in [-0.1, -0.05) is 48.0 Å². The number of hydrogen-bond acceptors (Lipinski definition) is 4. The van der Waals surface area contributed by atoms with E-state index in [0.29, 0.717) is 26.9 Å². The quantitative estimate of drug-likeness (QED) is 0.444. The van der Waals surface area contributed by atoms with E-state index in [1.54, 1.807) is 11.3 Å². The first kappa shape index (κ1) is 17.4. The van der Waals surface area contributed by atoms with Gasteiger partial charge in [0.25, 0.3) is 5.56 Å². The van der Waals surface area contributed by atoms with Crippen molar-refractivity contribution in [2.24, 2.45) is 5.92 Å². The Hall–Kier alpha value is -1.01. The van der Waals surface area contributed by atoms with Crippen molar-refractivity contribution in [1.82, 2.24) is 9.97 Å². The highest BCUT2D eigenvalue weighted by atomic mass is 35.5. The maximum absolute atomic E-state index is 12.6. The zero-order valence-electron chi connectivity index (χ0n) is 13.6. The molecule has 0 spiro atoms. The Bertz CT molecular complexity index is 992. The van der Waals surface area contributed by atoms with Gasteiger partial charge in [-0.2, -0.15) is 0 Å². The SMILES string of the molecule is C[C@@H]1CCc2c(sc3nc(SCc4c(Cl)cccc4Cl)[nH]c(=O)c23)C1. The predicted molar refractivity (Wildman–Crippen MR) is 107 cm³/mol. The molecule has 0 saturated heterocycles. The summed E-state index contributed by atoms with van der Waals surface area (Å²) in [5.74, 6) is 1.24. The fraction of sp³-hybridized carbons (Fsp3) is 0.333. The summed E-state index contributed by atoms with van der Waals surface area (Å²) in [4.78, 5) is 22.4. The molecule has 7 heteroatoms.